The van der Waals surface area contributed by atoms with Crippen molar-refractivity contribution in [2.45, 2.75) is 70.8 Å². The second kappa shape index (κ2) is 12.0. The summed E-state index contributed by atoms with van der Waals surface area (Å²) in [5.74, 6) is -1.17. The van der Waals surface area contributed by atoms with E-state index < -0.39 is 17.4 Å². The third kappa shape index (κ3) is 8.88. The Balaban J connectivity index is 2.55. The van der Waals surface area contributed by atoms with Gasteiger partial charge in [0.1, 0.15) is 11.3 Å². The number of nitrogens with two attached hydrogens (primary N) is 1. The molecular weight excluding hydrogens is 358 g/mol. The second-order valence-electron chi connectivity index (χ2n) is 7.36. The lowest BCUT2D eigenvalue weighted by atomic mass is 9.95. The molecule has 0 aromatic heterocycles. The van der Waals surface area contributed by atoms with Gasteiger partial charge in [0.15, 0.2) is 0 Å². The maximum absolute atomic E-state index is 12.6. The smallest absolute Gasteiger partial charge is 0.246 e. The summed E-state index contributed by atoms with van der Waals surface area (Å²) in [5, 5.41) is 14.7. The first kappa shape index (κ1) is 23.5. The summed E-state index contributed by atoms with van der Waals surface area (Å²) in [6.45, 7) is 3.98. The molecule has 0 bridgehead atoms. The van der Waals surface area contributed by atoms with Gasteiger partial charge < -0.3 is 21.5 Å². The van der Waals surface area contributed by atoms with Crippen molar-refractivity contribution in [1.29, 1.82) is 0 Å². The summed E-state index contributed by atoms with van der Waals surface area (Å²) in [6, 6.07) is 6.69. The van der Waals surface area contributed by atoms with Crippen molar-refractivity contribution < 1.29 is 19.5 Å². The highest BCUT2D eigenvalue weighted by atomic mass is 16.3. The summed E-state index contributed by atoms with van der Waals surface area (Å²) >= 11 is 0. The van der Waals surface area contributed by atoms with Gasteiger partial charge in [-0.05, 0) is 37.5 Å². The van der Waals surface area contributed by atoms with Crippen LogP contribution in [-0.2, 0) is 20.8 Å². The number of hydrogen-bond acceptors (Lipinski definition) is 4. The zero-order chi connectivity index (χ0) is 21.0. The van der Waals surface area contributed by atoms with Crippen molar-refractivity contribution >= 4 is 17.7 Å². The first-order valence-corrected chi connectivity index (χ1v) is 9.92. The van der Waals surface area contributed by atoms with Crippen LogP contribution in [0.3, 0.4) is 0 Å². The van der Waals surface area contributed by atoms with E-state index in [-0.39, 0.29) is 18.1 Å². The molecule has 1 aromatic rings. The summed E-state index contributed by atoms with van der Waals surface area (Å²) in [7, 11) is 0. The molecule has 0 aliphatic heterocycles. The normalized spacial score (nSPS) is 12.8. The third-order valence-corrected chi connectivity index (χ3v) is 4.59. The van der Waals surface area contributed by atoms with Gasteiger partial charge in [-0.3, -0.25) is 14.4 Å². The Morgan fingerprint density at radius 2 is 1.71 bits per heavy atom. The largest absolute Gasteiger partial charge is 0.508 e. The highest BCUT2D eigenvalue weighted by Gasteiger charge is 2.36. The molecule has 1 atom stereocenters. The van der Waals surface area contributed by atoms with E-state index >= 15 is 0 Å². The maximum atomic E-state index is 12.6. The fraction of sp³-hybridized carbons (Fsp3) is 0.571. The Labute approximate surface area is 167 Å². The van der Waals surface area contributed by atoms with Crippen LogP contribution in [0.25, 0.3) is 0 Å². The minimum Gasteiger partial charge on any atom is -0.508 e. The SMILES string of the molecule is CCCCCCCC(=O)N[C@](C)(CC(N)=O)C(=O)NCCc1ccc(O)cc1. The first-order chi connectivity index (χ1) is 13.3. The lowest BCUT2D eigenvalue weighted by molar-refractivity contribution is -0.135. The Hall–Kier alpha value is -2.57. The van der Waals surface area contributed by atoms with E-state index in [9.17, 15) is 19.5 Å². The molecule has 0 fully saturated rings. The quantitative estimate of drug-likeness (QED) is 0.385. The van der Waals surface area contributed by atoms with Crippen molar-refractivity contribution in [2.24, 2.45) is 5.73 Å². The van der Waals surface area contributed by atoms with Crippen LogP contribution in [0, 0.1) is 0 Å². The van der Waals surface area contributed by atoms with Crippen LogP contribution in [0.15, 0.2) is 24.3 Å². The number of rotatable bonds is 13. The number of benzene rings is 1. The summed E-state index contributed by atoms with van der Waals surface area (Å²) in [6.07, 6.45) is 5.69. The lowest BCUT2D eigenvalue weighted by Crippen LogP contribution is -2.58. The minimum absolute atomic E-state index is 0.180. The topological polar surface area (TPSA) is 122 Å². The zero-order valence-electron chi connectivity index (χ0n) is 16.9. The minimum atomic E-state index is -1.37. The molecule has 1 rings (SSSR count). The number of aromatic hydroxyl groups is 1. The fourth-order valence-corrected chi connectivity index (χ4v) is 2.97. The van der Waals surface area contributed by atoms with Gasteiger partial charge in [0.2, 0.25) is 17.7 Å². The number of hydrogen-bond donors (Lipinski definition) is 4. The highest BCUT2D eigenvalue weighted by Crippen LogP contribution is 2.13. The molecule has 0 aliphatic carbocycles. The molecule has 0 spiro atoms. The maximum Gasteiger partial charge on any atom is 0.246 e. The van der Waals surface area contributed by atoms with E-state index in [4.69, 9.17) is 5.73 Å². The van der Waals surface area contributed by atoms with Gasteiger partial charge in [0, 0.05) is 13.0 Å². The van der Waals surface area contributed by atoms with E-state index in [0.29, 0.717) is 19.4 Å². The van der Waals surface area contributed by atoms with Gasteiger partial charge >= 0.3 is 0 Å². The standard InChI is InChI=1S/C21H33N3O4/c1-3-4-5-6-7-8-19(27)24-21(2,15-18(22)26)20(28)23-14-13-16-9-11-17(25)12-10-16/h9-12,25H,3-8,13-15H2,1-2H3,(H2,22,26)(H,23,28)(H,24,27)/t21-/m1/s1. The molecule has 0 radical (unpaired) electrons. The molecule has 0 aliphatic rings. The number of carbonyl (C=O) groups is 3. The zero-order valence-corrected chi connectivity index (χ0v) is 16.9. The molecule has 0 saturated carbocycles. The molecular formula is C21H33N3O4. The molecule has 0 unspecified atom stereocenters. The van der Waals surface area contributed by atoms with Crippen molar-refractivity contribution in [3.63, 3.8) is 0 Å². The summed E-state index contributed by atoms with van der Waals surface area (Å²) < 4.78 is 0. The number of unbranched alkanes of at least 4 members (excludes halogenated alkanes) is 4. The molecule has 156 valence electrons. The molecule has 5 N–H and O–H groups in total. The van der Waals surface area contributed by atoms with Gasteiger partial charge in [-0.15, -0.1) is 0 Å². The van der Waals surface area contributed by atoms with Crippen LogP contribution in [0.5, 0.6) is 5.75 Å². The van der Waals surface area contributed by atoms with Crippen LogP contribution in [0.1, 0.15) is 64.4 Å². The molecule has 3 amide bonds. The molecule has 7 heteroatoms. The number of amides is 3. The van der Waals surface area contributed by atoms with Crippen LogP contribution in [0.2, 0.25) is 0 Å². The van der Waals surface area contributed by atoms with Crippen LogP contribution in [0.4, 0.5) is 0 Å². The predicted molar refractivity (Wildman–Crippen MR) is 109 cm³/mol. The summed E-state index contributed by atoms with van der Waals surface area (Å²) in [4.78, 5) is 36.3. The number of phenols is 1. The predicted octanol–water partition coefficient (Wildman–Crippen LogP) is 2.16. The first-order valence-electron chi connectivity index (χ1n) is 9.92. The number of carbonyl (C=O) groups excluding carboxylic acids is 3. The van der Waals surface area contributed by atoms with Gasteiger partial charge in [-0.1, -0.05) is 44.7 Å². The Bertz CT molecular complexity index is 646. The Kier molecular flexibility index (Phi) is 10.1. The van der Waals surface area contributed by atoms with E-state index in [2.05, 4.69) is 17.6 Å². The number of primary amides is 1. The second-order valence-corrected chi connectivity index (χ2v) is 7.36. The number of phenolic OH excluding ortho intramolecular Hbond substituents is 1. The monoisotopic (exact) mass is 391 g/mol. The summed E-state index contributed by atoms with van der Waals surface area (Å²) in [5.41, 5.74) is 4.86. The highest BCUT2D eigenvalue weighted by molar-refractivity contribution is 5.95. The average molecular weight is 392 g/mol. The van der Waals surface area contributed by atoms with E-state index in [1.807, 2.05) is 0 Å². The van der Waals surface area contributed by atoms with Crippen molar-refractivity contribution in [1.82, 2.24) is 10.6 Å². The van der Waals surface area contributed by atoms with Gasteiger partial charge in [0.25, 0.3) is 0 Å². The van der Waals surface area contributed by atoms with Crippen molar-refractivity contribution in [3.05, 3.63) is 29.8 Å². The van der Waals surface area contributed by atoms with Gasteiger partial charge in [-0.2, -0.15) is 0 Å². The van der Waals surface area contributed by atoms with Gasteiger partial charge in [0.05, 0.1) is 6.42 Å². The van der Waals surface area contributed by atoms with E-state index in [0.717, 1.165) is 37.7 Å². The van der Waals surface area contributed by atoms with Gasteiger partial charge in [-0.25, -0.2) is 0 Å². The van der Waals surface area contributed by atoms with Crippen LogP contribution >= 0.6 is 0 Å². The Morgan fingerprint density at radius 3 is 2.32 bits per heavy atom. The molecule has 0 saturated heterocycles. The van der Waals surface area contributed by atoms with E-state index in [1.165, 1.54) is 6.92 Å². The Morgan fingerprint density at radius 1 is 1.07 bits per heavy atom. The lowest BCUT2D eigenvalue weighted by Gasteiger charge is -2.28. The van der Waals surface area contributed by atoms with Crippen molar-refractivity contribution in [3.8, 4) is 5.75 Å². The molecule has 7 nitrogen and oxygen atoms in total. The molecule has 1 aromatic carbocycles. The van der Waals surface area contributed by atoms with Crippen molar-refractivity contribution in [2.75, 3.05) is 6.54 Å². The van der Waals surface area contributed by atoms with Crippen LogP contribution < -0.4 is 16.4 Å². The van der Waals surface area contributed by atoms with E-state index in [1.54, 1.807) is 24.3 Å². The fourth-order valence-electron chi connectivity index (χ4n) is 2.97. The third-order valence-electron chi connectivity index (χ3n) is 4.59. The average Bonchev–Trinajstić information content (AvgIpc) is 2.62. The van der Waals surface area contributed by atoms with Crippen LogP contribution in [-0.4, -0.2) is 34.9 Å². The molecule has 28 heavy (non-hydrogen) atoms. The molecule has 0 heterocycles. The number of nitrogens with one attached hydrogen (secondary N) is 2.